The third-order valence-electron chi connectivity index (χ3n) is 2.25. The Kier molecular flexibility index (Phi) is 2.20. The highest BCUT2D eigenvalue weighted by molar-refractivity contribution is 5.23. The van der Waals surface area contributed by atoms with Crippen LogP contribution in [0.3, 0.4) is 0 Å². The SMILES string of the molecule is C=C1O[C@@H](n2ccc(N)nc2=O)C[C@@H]1O. The van der Waals surface area contributed by atoms with Gasteiger partial charge in [-0.15, -0.1) is 0 Å². The topological polar surface area (TPSA) is 90.4 Å². The molecule has 0 aromatic carbocycles. The van der Waals surface area contributed by atoms with Crippen molar-refractivity contribution >= 4 is 5.82 Å². The van der Waals surface area contributed by atoms with E-state index < -0.39 is 18.0 Å². The largest absolute Gasteiger partial charge is 0.472 e. The molecule has 1 aromatic heterocycles. The molecule has 0 amide bonds. The molecule has 0 unspecified atom stereocenters. The molecule has 0 radical (unpaired) electrons. The second kappa shape index (κ2) is 3.39. The highest BCUT2D eigenvalue weighted by atomic mass is 16.5. The number of aliphatic hydroxyl groups is 1. The van der Waals surface area contributed by atoms with E-state index in [0.29, 0.717) is 6.42 Å². The average molecular weight is 209 g/mol. The van der Waals surface area contributed by atoms with Gasteiger partial charge in [0.05, 0.1) is 0 Å². The first-order valence-electron chi connectivity index (χ1n) is 4.46. The number of aliphatic hydroxyl groups excluding tert-OH is 1. The molecule has 0 aliphatic carbocycles. The van der Waals surface area contributed by atoms with Gasteiger partial charge in [0.2, 0.25) is 0 Å². The zero-order valence-corrected chi connectivity index (χ0v) is 7.96. The smallest absolute Gasteiger partial charge is 0.352 e. The van der Waals surface area contributed by atoms with Gasteiger partial charge < -0.3 is 15.6 Å². The predicted molar refractivity (Wildman–Crippen MR) is 52.8 cm³/mol. The Labute approximate surface area is 85.6 Å². The number of rotatable bonds is 1. The second-order valence-electron chi connectivity index (χ2n) is 3.33. The van der Waals surface area contributed by atoms with Crippen LogP contribution in [0, 0.1) is 0 Å². The molecule has 3 N–H and O–H groups in total. The number of nitrogens with two attached hydrogens (primary N) is 1. The fraction of sp³-hybridized carbons (Fsp3) is 0.333. The van der Waals surface area contributed by atoms with Gasteiger partial charge in [0.15, 0.2) is 6.23 Å². The summed E-state index contributed by atoms with van der Waals surface area (Å²) in [7, 11) is 0. The van der Waals surface area contributed by atoms with Crippen molar-refractivity contribution in [3.63, 3.8) is 0 Å². The number of hydrogen-bond acceptors (Lipinski definition) is 5. The van der Waals surface area contributed by atoms with E-state index in [4.69, 9.17) is 10.5 Å². The Hall–Kier alpha value is -1.82. The van der Waals surface area contributed by atoms with Crippen LogP contribution in [-0.4, -0.2) is 20.8 Å². The highest BCUT2D eigenvalue weighted by Gasteiger charge is 2.29. The maximum absolute atomic E-state index is 11.4. The standard InChI is InChI=1S/C9H11N3O3/c1-5-6(13)4-8(15-5)12-3-2-7(10)11-9(12)14/h2-3,6,8,13H,1,4H2,(H2,10,11,14)/t6-,8+/m0/s1. The van der Waals surface area contributed by atoms with E-state index in [9.17, 15) is 9.90 Å². The number of nitrogen functional groups attached to an aromatic ring is 1. The molecule has 2 rings (SSSR count). The Balaban J connectivity index is 2.32. The first-order chi connectivity index (χ1) is 7.08. The maximum Gasteiger partial charge on any atom is 0.352 e. The van der Waals surface area contributed by atoms with Crippen molar-refractivity contribution in [1.82, 2.24) is 9.55 Å². The zero-order chi connectivity index (χ0) is 11.0. The Morgan fingerprint density at radius 2 is 2.47 bits per heavy atom. The molecule has 1 fully saturated rings. The fourth-order valence-electron chi connectivity index (χ4n) is 1.44. The highest BCUT2D eigenvalue weighted by Crippen LogP contribution is 2.28. The summed E-state index contributed by atoms with van der Waals surface area (Å²) in [4.78, 5) is 15.0. The minimum absolute atomic E-state index is 0.161. The third-order valence-corrected chi connectivity index (χ3v) is 2.25. The van der Waals surface area contributed by atoms with E-state index in [2.05, 4.69) is 11.6 Å². The normalized spacial score (nSPS) is 25.3. The summed E-state index contributed by atoms with van der Waals surface area (Å²) in [5, 5.41) is 9.39. The summed E-state index contributed by atoms with van der Waals surface area (Å²) in [6.45, 7) is 3.53. The summed E-state index contributed by atoms with van der Waals surface area (Å²) in [5.74, 6) is 0.428. The molecular formula is C9H11N3O3. The molecule has 2 heterocycles. The number of nitrogens with zero attached hydrogens (tertiary/aromatic N) is 2. The number of anilines is 1. The van der Waals surface area contributed by atoms with Crippen LogP contribution in [0.5, 0.6) is 0 Å². The van der Waals surface area contributed by atoms with Crippen molar-refractivity contribution in [3.8, 4) is 0 Å². The van der Waals surface area contributed by atoms with Gasteiger partial charge in [0.1, 0.15) is 17.7 Å². The van der Waals surface area contributed by atoms with Gasteiger partial charge in [-0.1, -0.05) is 6.58 Å². The molecular weight excluding hydrogens is 198 g/mol. The number of hydrogen-bond donors (Lipinski definition) is 2. The van der Waals surface area contributed by atoms with Gasteiger partial charge in [0, 0.05) is 12.6 Å². The third kappa shape index (κ3) is 1.71. The second-order valence-corrected chi connectivity index (χ2v) is 3.33. The van der Waals surface area contributed by atoms with Gasteiger partial charge in [-0.25, -0.2) is 4.79 Å². The molecule has 0 bridgehead atoms. The van der Waals surface area contributed by atoms with E-state index in [-0.39, 0.29) is 11.6 Å². The predicted octanol–water partition coefficient (Wildman–Crippen LogP) is -0.381. The lowest BCUT2D eigenvalue weighted by Gasteiger charge is -2.12. The first-order valence-corrected chi connectivity index (χ1v) is 4.46. The lowest BCUT2D eigenvalue weighted by atomic mass is 10.2. The van der Waals surface area contributed by atoms with Gasteiger partial charge in [-0.05, 0) is 6.07 Å². The minimum Gasteiger partial charge on any atom is -0.472 e. The monoisotopic (exact) mass is 209 g/mol. The number of ether oxygens (including phenoxy) is 1. The van der Waals surface area contributed by atoms with Crippen LogP contribution in [-0.2, 0) is 4.74 Å². The van der Waals surface area contributed by atoms with E-state index >= 15 is 0 Å². The van der Waals surface area contributed by atoms with Crippen LogP contribution in [0.4, 0.5) is 5.82 Å². The molecule has 1 aliphatic rings. The van der Waals surface area contributed by atoms with Crippen LogP contribution in [0.1, 0.15) is 12.6 Å². The molecule has 15 heavy (non-hydrogen) atoms. The van der Waals surface area contributed by atoms with Crippen LogP contribution >= 0.6 is 0 Å². The van der Waals surface area contributed by atoms with Crippen molar-refractivity contribution in [2.45, 2.75) is 18.8 Å². The van der Waals surface area contributed by atoms with Crippen LogP contribution in [0.2, 0.25) is 0 Å². The van der Waals surface area contributed by atoms with E-state index in [0.717, 1.165) is 0 Å². The van der Waals surface area contributed by atoms with Gasteiger partial charge in [0.25, 0.3) is 0 Å². The summed E-state index contributed by atoms with van der Waals surface area (Å²) in [6, 6.07) is 1.50. The number of aromatic nitrogens is 2. The van der Waals surface area contributed by atoms with Crippen molar-refractivity contribution in [1.29, 1.82) is 0 Å². The van der Waals surface area contributed by atoms with Crippen LogP contribution < -0.4 is 11.4 Å². The van der Waals surface area contributed by atoms with E-state index in [1.165, 1.54) is 16.8 Å². The quantitative estimate of drug-likeness (QED) is 0.658. The summed E-state index contributed by atoms with van der Waals surface area (Å²) < 4.78 is 6.49. The molecule has 0 spiro atoms. The maximum atomic E-state index is 11.4. The summed E-state index contributed by atoms with van der Waals surface area (Å²) in [5.41, 5.74) is 4.85. The van der Waals surface area contributed by atoms with Gasteiger partial charge in [-0.2, -0.15) is 4.98 Å². The van der Waals surface area contributed by atoms with Crippen molar-refractivity contribution in [3.05, 3.63) is 35.1 Å². The van der Waals surface area contributed by atoms with Crippen molar-refractivity contribution in [2.75, 3.05) is 5.73 Å². The average Bonchev–Trinajstić information content (AvgIpc) is 2.46. The fourth-order valence-corrected chi connectivity index (χ4v) is 1.44. The van der Waals surface area contributed by atoms with Crippen LogP contribution in [0.15, 0.2) is 29.4 Å². The van der Waals surface area contributed by atoms with Gasteiger partial charge >= 0.3 is 5.69 Å². The van der Waals surface area contributed by atoms with E-state index in [1.54, 1.807) is 0 Å². The molecule has 1 saturated heterocycles. The van der Waals surface area contributed by atoms with Crippen LogP contribution in [0.25, 0.3) is 0 Å². The lowest BCUT2D eigenvalue weighted by molar-refractivity contribution is 0.0937. The molecule has 80 valence electrons. The minimum atomic E-state index is -0.737. The molecule has 6 heteroatoms. The zero-order valence-electron chi connectivity index (χ0n) is 7.96. The molecule has 2 atom stereocenters. The molecule has 1 aromatic rings. The van der Waals surface area contributed by atoms with Crippen molar-refractivity contribution in [2.24, 2.45) is 0 Å². The van der Waals surface area contributed by atoms with E-state index in [1.807, 2.05) is 0 Å². The Bertz CT molecular complexity index is 454. The molecule has 1 aliphatic heterocycles. The molecule has 0 saturated carbocycles. The first kappa shape index (κ1) is 9.72. The Morgan fingerprint density at radius 3 is 3.00 bits per heavy atom. The Morgan fingerprint density at radius 1 is 1.73 bits per heavy atom. The van der Waals surface area contributed by atoms with Gasteiger partial charge in [-0.3, -0.25) is 4.57 Å². The summed E-state index contributed by atoms with van der Waals surface area (Å²) >= 11 is 0. The summed E-state index contributed by atoms with van der Waals surface area (Å²) in [6.07, 6.45) is 0.498. The van der Waals surface area contributed by atoms with Crippen molar-refractivity contribution < 1.29 is 9.84 Å². The molecule has 6 nitrogen and oxygen atoms in total. The lowest BCUT2D eigenvalue weighted by Crippen LogP contribution is -2.26.